The van der Waals surface area contributed by atoms with E-state index in [1.54, 1.807) is 0 Å². The molecule has 2 amide bonds. The largest absolute Gasteiger partial charge is 0.397 e. The van der Waals surface area contributed by atoms with E-state index in [4.69, 9.17) is 17.2 Å². The minimum atomic E-state index is -0.650. The lowest BCUT2D eigenvalue weighted by molar-refractivity contribution is 0.0999. The molecule has 0 saturated heterocycles. The molecule has 2 rings (SSSR count). The van der Waals surface area contributed by atoms with Crippen molar-refractivity contribution in [2.75, 3.05) is 17.6 Å². The lowest BCUT2D eigenvalue weighted by Crippen LogP contribution is -2.22. The molecule has 1 aliphatic rings. The zero-order valence-electron chi connectivity index (χ0n) is 11.7. The van der Waals surface area contributed by atoms with Gasteiger partial charge in [-0.05, 0) is 24.2 Å². The highest BCUT2D eigenvalue weighted by atomic mass is 32.1. The molecule has 0 aliphatic heterocycles. The maximum atomic E-state index is 11.5. The summed E-state index contributed by atoms with van der Waals surface area (Å²) in [6.07, 6.45) is 2.32. The third kappa shape index (κ3) is 2.45. The van der Waals surface area contributed by atoms with Crippen LogP contribution in [-0.2, 0) is 0 Å². The number of rotatable bonds is 6. The van der Waals surface area contributed by atoms with Crippen LogP contribution in [0.1, 0.15) is 46.7 Å². The van der Waals surface area contributed by atoms with Crippen LogP contribution in [0.15, 0.2) is 0 Å². The molecule has 110 valence electrons. The second kappa shape index (κ2) is 4.97. The van der Waals surface area contributed by atoms with E-state index >= 15 is 0 Å². The van der Waals surface area contributed by atoms with Crippen molar-refractivity contribution in [2.45, 2.75) is 26.7 Å². The molecule has 1 heterocycles. The average Bonchev–Trinajstić information content (AvgIpc) is 3.05. The van der Waals surface area contributed by atoms with E-state index < -0.39 is 11.8 Å². The Kier molecular flexibility index (Phi) is 3.64. The number of nitrogens with one attached hydrogen (secondary N) is 1. The predicted octanol–water partition coefficient (Wildman–Crippen LogP) is 1.38. The molecule has 0 aromatic carbocycles. The molecule has 0 bridgehead atoms. The van der Waals surface area contributed by atoms with Gasteiger partial charge in [0.05, 0.1) is 11.3 Å². The van der Waals surface area contributed by atoms with Gasteiger partial charge in [-0.2, -0.15) is 0 Å². The quantitative estimate of drug-likeness (QED) is 0.632. The maximum absolute atomic E-state index is 11.5. The maximum Gasteiger partial charge on any atom is 0.260 e. The Labute approximate surface area is 121 Å². The van der Waals surface area contributed by atoms with Gasteiger partial charge in [-0.1, -0.05) is 13.8 Å². The lowest BCUT2D eigenvalue weighted by Gasteiger charge is -2.20. The van der Waals surface area contributed by atoms with E-state index in [0.717, 1.165) is 30.7 Å². The highest BCUT2D eigenvalue weighted by molar-refractivity contribution is 7.19. The van der Waals surface area contributed by atoms with E-state index in [9.17, 15) is 9.59 Å². The van der Waals surface area contributed by atoms with E-state index in [-0.39, 0.29) is 21.5 Å². The average molecular weight is 296 g/mol. The van der Waals surface area contributed by atoms with Gasteiger partial charge >= 0.3 is 0 Å². The van der Waals surface area contributed by atoms with Crippen molar-refractivity contribution < 1.29 is 9.59 Å². The summed E-state index contributed by atoms with van der Waals surface area (Å²) in [6.45, 7) is 5.10. The molecule has 0 spiro atoms. The van der Waals surface area contributed by atoms with Crippen molar-refractivity contribution in [3.63, 3.8) is 0 Å². The summed E-state index contributed by atoms with van der Waals surface area (Å²) < 4.78 is 0. The Morgan fingerprint density at radius 1 is 1.30 bits per heavy atom. The molecule has 1 saturated carbocycles. The summed E-state index contributed by atoms with van der Waals surface area (Å²) in [5, 5.41) is 3.76. The van der Waals surface area contributed by atoms with Gasteiger partial charge in [-0.15, -0.1) is 11.3 Å². The van der Waals surface area contributed by atoms with Crippen LogP contribution < -0.4 is 22.5 Å². The monoisotopic (exact) mass is 296 g/mol. The first-order chi connectivity index (χ1) is 9.28. The smallest absolute Gasteiger partial charge is 0.260 e. The Balaban J connectivity index is 2.25. The number of carbonyl (C=O) groups is 2. The zero-order chi connectivity index (χ0) is 15.1. The first kappa shape index (κ1) is 14.6. The molecule has 0 unspecified atom stereocenters. The SMILES string of the molecule is CC(C)C1(CNc2sc(C(N)=O)c(N)c2C(N)=O)CC1. The number of amides is 2. The van der Waals surface area contributed by atoms with Crippen molar-refractivity contribution in [2.24, 2.45) is 22.8 Å². The third-order valence-corrected chi connectivity index (χ3v) is 5.31. The third-order valence-electron chi connectivity index (χ3n) is 4.13. The van der Waals surface area contributed by atoms with Crippen LogP contribution in [0.5, 0.6) is 0 Å². The number of hydrogen-bond donors (Lipinski definition) is 4. The molecule has 1 aliphatic carbocycles. The molecule has 1 fully saturated rings. The van der Waals surface area contributed by atoms with Gasteiger partial charge < -0.3 is 22.5 Å². The van der Waals surface area contributed by atoms with E-state index in [1.165, 1.54) is 0 Å². The molecule has 0 atom stereocenters. The fourth-order valence-electron chi connectivity index (χ4n) is 2.37. The Morgan fingerprint density at radius 2 is 1.90 bits per heavy atom. The second-order valence-corrected chi connectivity index (χ2v) is 6.67. The lowest BCUT2D eigenvalue weighted by atomic mass is 9.92. The fraction of sp³-hybridized carbons (Fsp3) is 0.538. The molecule has 6 nitrogen and oxygen atoms in total. The predicted molar refractivity (Wildman–Crippen MR) is 80.8 cm³/mol. The van der Waals surface area contributed by atoms with Crippen LogP contribution in [0.4, 0.5) is 10.7 Å². The minimum Gasteiger partial charge on any atom is -0.397 e. The molecular weight excluding hydrogens is 276 g/mol. The molecule has 7 N–H and O–H groups in total. The van der Waals surface area contributed by atoms with Gasteiger partial charge in [0.2, 0.25) is 0 Å². The van der Waals surface area contributed by atoms with Crippen LogP contribution >= 0.6 is 11.3 Å². The van der Waals surface area contributed by atoms with Crippen LogP contribution in [-0.4, -0.2) is 18.4 Å². The fourth-order valence-corrected chi connectivity index (χ4v) is 3.34. The van der Waals surface area contributed by atoms with Crippen LogP contribution in [0, 0.1) is 11.3 Å². The standard InChI is InChI=1S/C13H20N4O2S/c1-6(2)13(3-4-13)5-17-12-7(10(15)18)8(14)9(20-12)11(16)19/h6,17H,3-5,14H2,1-2H3,(H2,15,18)(H2,16,19). The summed E-state index contributed by atoms with van der Waals surface area (Å²) in [5.74, 6) is -0.740. The summed E-state index contributed by atoms with van der Waals surface area (Å²) in [7, 11) is 0. The Morgan fingerprint density at radius 3 is 2.30 bits per heavy atom. The van der Waals surface area contributed by atoms with Gasteiger partial charge in [0.25, 0.3) is 11.8 Å². The molecular formula is C13H20N4O2S. The van der Waals surface area contributed by atoms with E-state index in [2.05, 4.69) is 19.2 Å². The number of nitrogen functional groups attached to an aromatic ring is 1. The summed E-state index contributed by atoms with van der Waals surface area (Å²) in [6, 6.07) is 0. The number of nitrogens with two attached hydrogens (primary N) is 3. The Hall–Kier alpha value is -1.76. The first-order valence-corrected chi connectivity index (χ1v) is 7.36. The van der Waals surface area contributed by atoms with Crippen molar-refractivity contribution in [1.29, 1.82) is 0 Å². The number of hydrogen-bond acceptors (Lipinski definition) is 5. The number of carbonyl (C=O) groups excluding carboxylic acids is 2. The van der Waals surface area contributed by atoms with Gasteiger partial charge in [0.15, 0.2) is 0 Å². The number of anilines is 2. The summed E-state index contributed by atoms with van der Waals surface area (Å²) in [5.41, 5.74) is 16.9. The number of thiophene rings is 1. The normalized spacial score (nSPS) is 16.1. The van der Waals surface area contributed by atoms with Gasteiger partial charge in [-0.3, -0.25) is 9.59 Å². The van der Waals surface area contributed by atoms with E-state index in [0.29, 0.717) is 10.9 Å². The zero-order valence-corrected chi connectivity index (χ0v) is 12.5. The van der Waals surface area contributed by atoms with Gasteiger partial charge in [0, 0.05) is 6.54 Å². The van der Waals surface area contributed by atoms with Crippen molar-refractivity contribution in [1.82, 2.24) is 0 Å². The summed E-state index contributed by atoms with van der Waals surface area (Å²) in [4.78, 5) is 23.0. The second-order valence-electron chi connectivity index (χ2n) is 5.65. The highest BCUT2D eigenvalue weighted by Gasteiger charge is 2.45. The van der Waals surface area contributed by atoms with Crippen LogP contribution in [0.3, 0.4) is 0 Å². The Bertz CT molecular complexity index is 561. The van der Waals surface area contributed by atoms with Crippen molar-refractivity contribution in [3.05, 3.63) is 10.4 Å². The molecule has 7 heteroatoms. The molecule has 0 radical (unpaired) electrons. The van der Waals surface area contributed by atoms with E-state index in [1.807, 2.05) is 0 Å². The number of primary amides is 2. The van der Waals surface area contributed by atoms with Gasteiger partial charge in [-0.25, -0.2) is 0 Å². The topological polar surface area (TPSA) is 124 Å². The van der Waals surface area contributed by atoms with Crippen LogP contribution in [0.25, 0.3) is 0 Å². The molecule has 1 aromatic heterocycles. The summed E-state index contributed by atoms with van der Waals surface area (Å²) >= 11 is 1.09. The highest BCUT2D eigenvalue weighted by Crippen LogP contribution is 2.52. The van der Waals surface area contributed by atoms with Crippen LogP contribution in [0.2, 0.25) is 0 Å². The first-order valence-electron chi connectivity index (χ1n) is 6.54. The molecule has 1 aromatic rings. The van der Waals surface area contributed by atoms with Crippen molar-refractivity contribution >= 4 is 33.8 Å². The van der Waals surface area contributed by atoms with Gasteiger partial charge in [0.1, 0.15) is 9.88 Å². The molecule has 20 heavy (non-hydrogen) atoms. The minimum absolute atomic E-state index is 0.0758. The van der Waals surface area contributed by atoms with Crippen molar-refractivity contribution in [3.8, 4) is 0 Å².